The smallest absolute Gasteiger partial charge is 0.308 e. The first-order chi connectivity index (χ1) is 7.66. The lowest BCUT2D eigenvalue weighted by molar-refractivity contribution is -0.131. The maximum Gasteiger partial charge on any atom is 0.308 e. The van der Waals surface area contributed by atoms with Gasteiger partial charge in [-0.1, -0.05) is 30.3 Å². The molecule has 3 nitrogen and oxygen atoms in total. The van der Waals surface area contributed by atoms with Crippen molar-refractivity contribution in [1.29, 1.82) is 0 Å². The van der Waals surface area contributed by atoms with Crippen LogP contribution in [0.3, 0.4) is 0 Å². The Balaban J connectivity index is 2.34. The fourth-order valence-electron chi connectivity index (χ4n) is 1.57. The van der Waals surface area contributed by atoms with Gasteiger partial charge in [0, 0.05) is 18.7 Å². The van der Waals surface area contributed by atoms with Crippen molar-refractivity contribution in [1.82, 2.24) is 4.98 Å². The van der Waals surface area contributed by atoms with E-state index in [2.05, 4.69) is 4.98 Å². The van der Waals surface area contributed by atoms with Crippen molar-refractivity contribution in [3.8, 4) is 17.0 Å². The Morgan fingerprint density at radius 3 is 2.56 bits per heavy atom. The van der Waals surface area contributed by atoms with Crippen molar-refractivity contribution >= 4 is 5.97 Å². The summed E-state index contributed by atoms with van der Waals surface area (Å²) in [7, 11) is 0. The highest BCUT2D eigenvalue weighted by molar-refractivity contribution is 5.71. The Labute approximate surface area is 94.1 Å². The van der Waals surface area contributed by atoms with Crippen LogP contribution in [0.2, 0.25) is 0 Å². The molecule has 16 heavy (non-hydrogen) atoms. The third-order valence-corrected chi connectivity index (χ3v) is 2.31. The van der Waals surface area contributed by atoms with E-state index < -0.39 is 0 Å². The summed E-state index contributed by atoms with van der Waals surface area (Å²) in [4.78, 5) is 14.1. The molecule has 0 saturated heterocycles. The Kier molecular flexibility index (Phi) is 2.77. The summed E-state index contributed by atoms with van der Waals surface area (Å²) in [5, 5.41) is 0. The highest BCUT2D eigenvalue weighted by Gasteiger charge is 2.08. The van der Waals surface area contributed by atoms with Crippen molar-refractivity contribution in [2.45, 2.75) is 13.8 Å². The molecule has 0 aliphatic heterocycles. The van der Waals surface area contributed by atoms with Gasteiger partial charge in [-0.3, -0.25) is 4.79 Å². The maximum absolute atomic E-state index is 10.9. The normalized spacial score (nSPS) is 10.1. The fourth-order valence-corrected chi connectivity index (χ4v) is 1.57. The number of hydrogen-bond donors (Lipinski definition) is 1. The topological polar surface area (TPSA) is 42.1 Å². The van der Waals surface area contributed by atoms with E-state index in [-0.39, 0.29) is 5.97 Å². The number of carbonyl (C=O) groups is 1. The van der Waals surface area contributed by atoms with E-state index in [1.807, 2.05) is 43.3 Å². The van der Waals surface area contributed by atoms with Gasteiger partial charge < -0.3 is 9.72 Å². The number of aryl methyl sites for hydroxylation is 1. The third-order valence-electron chi connectivity index (χ3n) is 2.31. The Hall–Kier alpha value is -2.03. The molecule has 0 saturated carbocycles. The minimum atomic E-state index is -0.304. The first-order valence-electron chi connectivity index (χ1n) is 5.10. The van der Waals surface area contributed by atoms with E-state index in [0.717, 1.165) is 17.0 Å². The van der Waals surface area contributed by atoms with Crippen molar-refractivity contribution in [2.24, 2.45) is 0 Å². The van der Waals surface area contributed by atoms with Crippen LogP contribution >= 0.6 is 0 Å². The number of hydrogen-bond acceptors (Lipinski definition) is 2. The quantitative estimate of drug-likeness (QED) is 0.782. The SMILES string of the molecule is CC(=O)Oc1cc(-c2ccccc2)[nH]c1C. The standard InChI is InChI=1S/C13H13NO2/c1-9-13(16-10(2)15)8-12(14-9)11-6-4-3-5-7-11/h3-8,14H,1-2H3. The van der Waals surface area contributed by atoms with E-state index in [1.165, 1.54) is 6.92 Å². The number of aromatic amines is 1. The van der Waals surface area contributed by atoms with Gasteiger partial charge in [0.2, 0.25) is 0 Å². The second kappa shape index (κ2) is 4.23. The second-order valence-corrected chi connectivity index (χ2v) is 3.63. The zero-order chi connectivity index (χ0) is 11.5. The average molecular weight is 215 g/mol. The van der Waals surface area contributed by atoms with Gasteiger partial charge >= 0.3 is 5.97 Å². The van der Waals surface area contributed by atoms with Crippen LogP contribution in [-0.4, -0.2) is 11.0 Å². The fraction of sp³-hybridized carbons (Fsp3) is 0.154. The third kappa shape index (κ3) is 2.14. The molecule has 2 aromatic rings. The maximum atomic E-state index is 10.9. The monoisotopic (exact) mass is 215 g/mol. The lowest BCUT2D eigenvalue weighted by Gasteiger charge is -1.96. The highest BCUT2D eigenvalue weighted by Crippen LogP contribution is 2.26. The average Bonchev–Trinajstić information content (AvgIpc) is 2.61. The number of H-pyrrole nitrogens is 1. The Bertz CT molecular complexity index is 500. The molecule has 0 spiro atoms. The van der Waals surface area contributed by atoms with E-state index in [1.54, 1.807) is 0 Å². The summed E-state index contributed by atoms with van der Waals surface area (Å²) in [6.45, 7) is 3.28. The molecule has 0 unspecified atom stereocenters. The summed E-state index contributed by atoms with van der Waals surface area (Å²) in [6.07, 6.45) is 0. The molecular weight excluding hydrogens is 202 g/mol. The van der Waals surface area contributed by atoms with Crippen molar-refractivity contribution in [2.75, 3.05) is 0 Å². The summed E-state index contributed by atoms with van der Waals surface area (Å²) >= 11 is 0. The molecular formula is C13H13NO2. The highest BCUT2D eigenvalue weighted by atomic mass is 16.5. The molecule has 1 aromatic carbocycles. The number of ether oxygens (including phenoxy) is 1. The molecule has 0 radical (unpaired) electrons. The second-order valence-electron chi connectivity index (χ2n) is 3.63. The van der Waals surface area contributed by atoms with Gasteiger partial charge in [0.15, 0.2) is 5.75 Å². The predicted octanol–water partition coefficient (Wildman–Crippen LogP) is 2.92. The molecule has 1 aromatic heterocycles. The molecule has 1 N–H and O–H groups in total. The van der Waals surface area contributed by atoms with Crippen LogP contribution in [0.25, 0.3) is 11.3 Å². The summed E-state index contributed by atoms with van der Waals surface area (Å²) in [5.74, 6) is 0.285. The first kappa shape index (κ1) is 10.5. The molecule has 0 aliphatic rings. The molecule has 0 aliphatic carbocycles. The number of aromatic nitrogens is 1. The van der Waals surface area contributed by atoms with Gasteiger partial charge in [0.05, 0.1) is 5.69 Å². The number of nitrogens with one attached hydrogen (secondary N) is 1. The van der Waals surface area contributed by atoms with E-state index >= 15 is 0 Å². The van der Waals surface area contributed by atoms with E-state index in [9.17, 15) is 4.79 Å². The summed E-state index contributed by atoms with van der Waals surface area (Å²) in [5.41, 5.74) is 2.88. The number of benzene rings is 1. The predicted molar refractivity (Wildman–Crippen MR) is 62.3 cm³/mol. The minimum absolute atomic E-state index is 0.304. The lowest BCUT2D eigenvalue weighted by Crippen LogP contribution is -2.01. The van der Waals surface area contributed by atoms with Gasteiger partial charge in [0.25, 0.3) is 0 Å². The minimum Gasteiger partial charge on any atom is -0.425 e. The Morgan fingerprint density at radius 2 is 1.94 bits per heavy atom. The van der Waals surface area contributed by atoms with Crippen LogP contribution in [0, 0.1) is 6.92 Å². The number of rotatable bonds is 2. The van der Waals surface area contributed by atoms with Crippen LogP contribution in [0.4, 0.5) is 0 Å². The Morgan fingerprint density at radius 1 is 1.25 bits per heavy atom. The van der Waals surface area contributed by atoms with Gasteiger partial charge in [-0.15, -0.1) is 0 Å². The van der Waals surface area contributed by atoms with Gasteiger partial charge in [0.1, 0.15) is 0 Å². The van der Waals surface area contributed by atoms with Gasteiger partial charge in [-0.25, -0.2) is 0 Å². The summed E-state index contributed by atoms with van der Waals surface area (Å²) in [6, 6.07) is 11.7. The van der Waals surface area contributed by atoms with Gasteiger partial charge in [-0.2, -0.15) is 0 Å². The summed E-state index contributed by atoms with van der Waals surface area (Å²) < 4.78 is 5.08. The van der Waals surface area contributed by atoms with Crippen LogP contribution < -0.4 is 4.74 Å². The molecule has 0 atom stereocenters. The number of carbonyl (C=O) groups excluding carboxylic acids is 1. The van der Waals surface area contributed by atoms with Crippen LogP contribution in [-0.2, 0) is 4.79 Å². The zero-order valence-electron chi connectivity index (χ0n) is 9.28. The molecule has 1 heterocycles. The van der Waals surface area contributed by atoms with E-state index in [4.69, 9.17) is 4.74 Å². The van der Waals surface area contributed by atoms with Crippen LogP contribution in [0.15, 0.2) is 36.4 Å². The molecule has 2 rings (SSSR count). The van der Waals surface area contributed by atoms with Crippen molar-refractivity contribution in [3.63, 3.8) is 0 Å². The molecule has 82 valence electrons. The van der Waals surface area contributed by atoms with Crippen molar-refractivity contribution < 1.29 is 9.53 Å². The largest absolute Gasteiger partial charge is 0.425 e. The molecule has 0 amide bonds. The lowest BCUT2D eigenvalue weighted by atomic mass is 10.2. The van der Waals surface area contributed by atoms with Crippen LogP contribution in [0.5, 0.6) is 5.75 Å². The molecule has 0 fully saturated rings. The van der Waals surface area contributed by atoms with E-state index in [0.29, 0.717) is 5.75 Å². The molecule has 3 heteroatoms. The van der Waals surface area contributed by atoms with Gasteiger partial charge in [-0.05, 0) is 12.5 Å². The van der Waals surface area contributed by atoms with Crippen LogP contribution in [0.1, 0.15) is 12.6 Å². The molecule has 0 bridgehead atoms. The number of esters is 1. The first-order valence-corrected chi connectivity index (χ1v) is 5.10. The zero-order valence-corrected chi connectivity index (χ0v) is 9.28. The van der Waals surface area contributed by atoms with Crippen molar-refractivity contribution in [3.05, 3.63) is 42.1 Å².